The molecule has 2 rings (SSSR count). The fraction of sp³-hybridized carbons (Fsp3) is 0.133. The Morgan fingerprint density at radius 2 is 2.00 bits per heavy atom. The second-order valence-electron chi connectivity index (χ2n) is 4.27. The Balaban J connectivity index is 2.19. The van der Waals surface area contributed by atoms with Crippen molar-refractivity contribution in [2.75, 3.05) is 12.4 Å². The van der Waals surface area contributed by atoms with Gasteiger partial charge in [-0.05, 0) is 48.9 Å². The third-order valence-electron chi connectivity index (χ3n) is 2.83. The number of ether oxygens (including phenoxy) is 1. The molecule has 0 aliphatic carbocycles. The minimum absolute atomic E-state index is 0.325. The van der Waals surface area contributed by atoms with Crippen molar-refractivity contribution in [1.82, 2.24) is 0 Å². The number of benzene rings is 2. The number of amides is 1. The van der Waals surface area contributed by atoms with Crippen molar-refractivity contribution >= 4 is 23.2 Å². The highest BCUT2D eigenvalue weighted by Crippen LogP contribution is 2.27. The van der Waals surface area contributed by atoms with Gasteiger partial charge in [-0.3, -0.25) is 4.79 Å². The van der Waals surface area contributed by atoms with Gasteiger partial charge in [0.1, 0.15) is 11.6 Å². The van der Waals surface area contributed by atoms with Gasteiger partial charge in [0.2, 0.25) is 0 Å². The highest BCUT2D eigenvalue weighted by molar-refractivity contribution is 6.32. The molecule has 0 saturated carbocycles. The van der Waals surface area contributed by atoms with Crippen molar-refractivity contribution < 1.29 is 13.9 Å². The summed E-state index contributed by atoms with van der Waals surface area (Å²) < 4.78 is 18.2. The van der Waals surface area contributed by atoms with Crippen molar-refractivity contribution in [2.45, 2.75) is 6.92 Å². The fourth-order valence-corrected chi connectivity index (χ4v) is 1.99. The number of halogens is 2. The summed E-state index contributed by atoms with van der Waals surface area (Å²) in [4.78, 5) is 12.0. The van der Waals surface area contributed by atoms with E-state index in [1.54, 1.807) is 25.1 Å². The lowest BCUT2D eigenvalue weighted by Crippen LogP contribution is -2.12. The third-order valence-corrected chi connectivity index (χ3v) is 3.13. The van der Waals surface area contributed by atoms with Gasteiger partial charge in [-0.1, -0.05) is 11.6 Å². The minimum Gasteiger partial charge on any atom is -0.495 e. The molecular formula is C15H13ClFNO2. The summed E-state index contributed by atoms with van der Waals surface area (Å²) in [5, 5.41) is 3.10. The highest BCUT2D eigenvalue weighted by Gasteiger charge is 2.09. The number of aryl methyl sites for hydroxylation is 1. The molecule has 1 amide bonds. The van der Waals surface area contributed by atoms with Crippen LogP contribution in [0.5, 0.6) is 5.75 Å². The molecule has 104 valence electrons. The number of hydrogen-bond donors (Lipinski definition) is 1. The Kier molecular flexibility index (Phi) is 4.25. The van der Waals surface area contributed by atoms with E-state index in [9.17, 15) is 9.18 Å². The Bertz CT molecular complexity index is 658. The van der Waals surface area contributed by atoms with Gasteiger partial charge in [0, 0.05) is 11.3 Å². The van der Waals surface area contributed by atoms with Gasteiger partial charge >= 0.3 is 0 Å². The summed E-state index contributed by atoms with van der Waals surface area (Å²) in [5.74, 6) is -0.134. The molecule has 2 aromatic carbocycles. The standard InChI is InChI=1S/C15H13ClFNO2/c1-9-7-10(3-5-13(9)17)15(19)18-11-4-6-14(20-2)12(16)8-11/h3-8H,1-2H3,(H,18,19). The summed E-state index contributed by atoms with van der Waals surface area (Å²) in [6, 6.07) is 9.13. The van der Waals surface area contributed by atoms with E-state index in [4.69, 9.17) is 16.3 Å². The van der Waals surface area contributed by atoms with Crippen LogP contribution in [0.15, 0.2) is 36.4 Å². The molecule has 5 heteroatoms. The van der Waals surface area contributed by atoms with Crippen molar-refractivity contribution in [3.8, 4) is 5.75 Å². The number of carbonyl (C=O) groups is 1. The van der Waals surface area contributed by atoms with Crippen molar-refractivity contribution in [1.29, 1.82) is 0 Å². The molecule has 0 heterocycles. The first-order valence-electron chi connectivity index (χ1n) is 5.92. The first-order chi connectivity index (χ1) is 9.51. The van der Waals surface area contributed by atoms with Crippen molar-refractivity contribution in [3.63, 3.8) is 0 Å². The Hall–Kier alpha value is -2.07. The van der Waals surface area contributed by atoms with Crippen molar-refractivity contribution in [3.05, 3.63) is 58.4 Å². The molecule has 0 bridgehead atoms. The minimum atomic E-state index is -0.339. The monoisotopic (exact) mass is 293 g/mol. The Labute approximate surface area is 121 Å². The zero-order chi connectivity index (χ0) is 14.7. The number of hydrogen-bond acceptors (Lipinski definition) is 2. The second-order valence-corrected chi connectivity index (χ2v) is 4.67. The Morgan fingerprint density at radius 3 is 2.60 bits per heavy atom. The van der Waals surface area contributed by atoms with Gasteiger partial charge in [-0.15, -0.1) is 0 Å². The van der Waals surface area contributed by atoms with E-state index < -0.39 is 0 Å². The number of carbonyl (C=O) groups excluding carboxylic acids is 1. The van der Waals surface area contributed by atoms with Crippen LogP contribution in [0.3, 0.4) is 0 Å². The summed E-state index contributed by atoms with van der Waals surface area (Å²) in [7, 11) is 1.51. The van der Waals surface area contributed by atoms with Crippen LogP contribution in [0.2, 0.25) is 5.02 Å². The van der Waals surface area contributed by atoms with Crippen molar-refractivity contribution in [2.24, 2.45) is 0 Å². The highest BCUT2D eigenvalue weighted by atomic mass is 35.5. The summed E-state index contributed by atoms with van der Waals surface area (Å²) >= 11 is 5.98. The molecule has 20 heavy (non-hydrogen) atoms. The predicted molar refractivity (Wildman–Crippen MR) is 77.1 cm³/mol. The molecule has 1 N–H and O–H groups in total. The Morgan fingerprint density at radius 1 is 1.25 bits per heavy atom. The van der Waals surface area contributed by atoms with Crippen LogP contribution in [0.25, 0.3) is 0 Å². The maximum Gasteiger partial charge on any atom is 0.255 e. The molecule has 0 spiro atoms. The van der Waals surface area contributed by atoms with Crippen LogP contribution < -0.4 is 10.1 Å². The van der Waals surface area contributed by atoms with Crippen LogP contribution in [-0.4, -0.2) is 13.0 Å². The SMILES string of the molecule is COc1ccc(NC(=O)c2ccc(F)c(C)c2)cc1Cl. The van der Waals surface area contributed by atoms with Gasteiger partial charge in [-0.25, -0.2) is 4.39 Å². The topological polar surface area (TPSA) is 38.3 Å². The van der Waals surface area contributed by atoms with Crippen LogP contribution in [0, 0.1) is 12.7 Å². The zero-order valence-corrected chi connectivity index (χ0v) is 11.8. The molecular weight excluding hydrogens is 281 g/mol. The average Bonchev–Trinajstić information content (AvgIpc) is 2.42. The number of rotatable bonds is 3. The molecule has 0 radical (unpaired) electrons. The zero-order valence-electron chi connectivity index (χ0n) is 11.0. The van der Waals surface area contributed by atoms with Gasteiger partial charge in [0.05, 0.1) is 12.1 Å². The lowest BCUT2D eigenvalue weighted by Gasteiger charge is -2.08. The first-order valence-corrected chi connectivity index (χ1v) is 6.30. The average molecular weight is 294 g/mol. The lowest BCUT2D eigenvalue weighted by molar-refractivity contribution is 0.102. The van der Waals surface area contributed by atoms with E-state index in [0.29, 0.717) is 27.6 Å². The molecule has 0 aliphatic heterocycles. The van der Waals surface area contributed by atoms with Crippen LogP contribution in [0.4, 0.5) is 10.1 Å². The van der Waals surface area contributed by atoms with Gasteiger partial charge < -0.3 is 10.1 Å². The number of anilines is 1. The molecule has 0 unspecified atom stereocenters. The predicted octanol–water partition coefficient (Wildman–Crippen LogP) is 4.05. The normalized spacial score (nSPS) is 10.2. The molecule has 2 aromatic rings. The first kappa shape index (κ1) is 14.3. The molecule has 0 aromatic heterocycles. The quantitative estimate of drug-likeness (QED) is 0.927. The number of methoxy groups -OCH3 is 1. The van der Waals surface area contributed by atoms with E-state index in [2.05, 4.69) is 5.32 Å². The number of nitrogens with one attached hydrogen (secondary N) is 1. The largest absolute Gasteiger partial charge is 0.495 e. The van der Waals surface area contributed by atoms with E-state index in [0.717, 1.165) is 0 Å². The molecule has 0 atom stereocenters. The smallest absolute Gasteiger partial charge is 0.255 e. The molecule has 0 fully saturated rings. The molecule has 0 saturated heterocycles. The van der Waals surface area contributed by atoms with E-state index in [-0.39, 0.29) is 11.7 Å². The van der Waals surface area contributed by atoms with Crippen LogP contribution in [-0.2, 0) is 0 Å². The maximum absolute atomic E-state index is 13.2. The van der Waals surface area contributed by atoms with Crippen LogP contribution in [0.1, 0.15) is 15.9 Å². The molecule has 0 aliphatic rings. The molecule has 3 nitrogen and oxygen atoms in total. The summed E-state index contributed by atoms with van der Waals surface area (Å²) in [6.07, 6.45) is 0. The van der Waals surface area contributed by atoms with E-state index in [1.165, 1.54) is 25.3 Å². The fourth-order valence-electron chi connectivity index (χ4n) is 1.73. The van der Waals surface area contributed by atoms with Gasteiger partial charge in [0.15, 0.2) is 0 Å². The maximum atomic E-state index is 13.2. The van der Waals surface area contributed by atoms with Crippen LogP contribution >= 0.6 is 11.6 Å². The second kappa shape index (κ2) is 5.92. The van der Waals surface area contributed by atoms with E-state index in [1.807, 2.05) is 0 Å². The van der Waals surface area contributed by atoms with E-state index >= 15 is 0 Å². The summed E-state index contributed by atoms with van der Waals surface area (Å²) in [6.45, 7) is 1.61. The third kappa shape index (κ3) is 3.08. The van der Waals surface area contributed by atoms with Gasteiger partial charge in [-0.2, -0.15) is 0 Å². The van der Waals surface area contributed by atoms with Gasteiger partial charge in [0.25, 0.3) is 5.91 Å². The summed E-state index contributed by atoms with van der Waals surface area (Å²) in [5.41, 5.74) is 1.35. The lowest BCUT2D eigenvalue weighted by atomic mass is 10.1.